The topological polar surface area (TPSA) is 62.9 Å². The average Bonchev–Trinajstić information content (AvgIpc) is 2.83. The number of guanidine groups is 1. The highest BCUT2D eigenvalue weighted by molar-refractivity contribution is 5.79. The Hall–Kier alpha value is -0.810. The van der Waals surface area contributed by atoms with Gasteiger partial charge < -0.3 is 9.64 Å². The van der Waals surface area contributed by atoms with Crippen molar-refractivity contribution in [3.05, 3.63) is 0 Å². The van der Waals surface area contributed by atoms with Gasteiger partial charge in [-0.25, -0.2) is 5.84 Å². The van der Waals surface area contributed by atoms with Crippen LogP contribution in [-0.2, 0) is 4.74 Å². The van der Waals surface area contributed by atoms with Crippen molar-refractivity contribution in [1.82, 2.24) is 10.3 Å². The van der Waals surface area contributed by atoms with E-state index < -0.39 is 0 Å². The number of nitrogens with two attached hydrogens (primary N) is 1. The Morgan fingerprint density at radius 2 is 2.21 bits per heavy atom. The highest BCUT2D eigenvalue weighted by Gasteiger charge is 2.32. The van der Waals surface area contributed by atoms with Crippen LogP contribution in [0.25, 0.3) is 0 Å². The second-order valence-electron chi connectivity index (χ2n) is 6.20. The monoisotopic (exact) mass is 270 g/mol. The lowest BCUT2D eigenvalue weighted by Gasteiger charge is -2.27. The van der Waals surface area contributed by atoms with Crippen LogP contribution in [0.5, 0.6) is 0 Å². The van der Waals surface area contributed by atoms with E-state index in [0.29, 0.717) is 11.3 Å². The van der Waals surface area contributed by atoms with Crippen LogP contribution >= 0.6 is 0 Å². The SMILES string of the molecule is CCOCCCN=C(NN)N1CCC(C(C)(C)C)C1. The summed E-state index contributed by atoms with van der Waals surface area (Å²) in [5, 5.41) is 0. The van der Waals surface area contributed by atoms with Crippen LogP contribution in [-0.4, -0.2) is 43.7 Å². The summed E-state index contributed by atoms with van der Waals surface area (Å²) in [6.45, 7) is 13.3. The molecule has 5 nitrogen and oxygen atoms in total. The van der Waals surface area contributed by atoms with Gasteiger partial charge in [0.05, 0.1) is 0 Å². The van der Waals surface area contributed by atoms with Gasteiger partial charge in [-0.15, -0.1) is 0 Å². The number of likely N-dealkylation sites (tertiary alicyclic amines) is 1. The van der Waals surface area contributed by atoms with Crippen LogP contribution in [0.2, 0.25) is 0 Å². The molecule has 1 fully saturated rings. The van der Waals surface area contributed by atoms with Crippen molar-refractivity contribution in [2.75, 3.05) is 32.8 Å². The first-order chi connectivity index (χ1) is 8.99. The smallest absolute Gasteiger partial charge is 0.208 e. The fourth-order valence-corrected chi connectivity index (χ4v) is 2.39. The lowest BCUT2D eigenvalue weighted by molar-refractivity contribution is 0.146. The number of hydrogen-bond acceptors (Lipinski definition) is 3. The molecular formula is C14H30N4O. The van der Waals surface area contributed by atoms with Crippen molar-refractivity contribution in [1.29, 1.82) is 0 Å². The number of ether oxygens (including phenoxy) is 1. The van der Waals surface area contributed by atoms with Gasteiger partial charge in [0.2, 0.25) is 5.96 Å². The summed E-state index contributed by atoms with van der Waals surface area (Å²) in [4.78, 5) is 6.80. The standard InChI is InChI=1S/C14H30N4O/c1-5-19-10-6-8-16-13(17-15)18-9-7-12(11-18)14(2,3)4/h12H,5-11,15H2,1-4H3,(H,16,17). The van der Waals surface area contributed by atoms with Gasteiger partial charge in [0, 0.05) is 32.8 Å². The zero-order chi connectivity index (χ0) is 14.3. The zero-order valence-electron chi connectivity index (χ0n) is 12.9. The van der Waals surface area contributed by atoms with Crippen molar-refractivity contribution in [3.8, 4) is 0 Å². The van der Waals surface area contributed by atoms with E-state index in [1.807, 2.05) is 6.92 Å². The van der Waals surface area contributed by atoms with Crippen LogP contribution in [0.1, 0.15) is 40.5 Å². The average molecular weight is 270 g/mol. The molecule has 112 valence electrons. The molecule has 0 aromatic carbocycles. The summed E-state index contributed by atoms with van der Waals surface area (Å²) < 4.78 is 5.30. The number of hydrazine groups is 1. The third kappa shape index (κ3) is 5.37. The molecule has 0 spiro atoms. The molecule has 0 aliphatic carbocycles. The van der Waals surface area contributed by atoms with E-state index in [2.05, 4.69) is 36.1 Å². The Balaban J connectivity index is 2.41. The lowest BCUT2D eigenvalue weighted by atomic mass is 9.80. The van der Waals surface area contributed by atoms with Gasteiger partial charge in [0.15, 0.2) is 0 Å². The Labute approximate surface area is 117 Å². The number of rotatable bonds is 5. The minimum atomic E-state index is 0.351. The predicted molar refractivity (Wildman–Crippen MR) is 79.9 cm³/mol. The molecule has 1 aliphatic heterocycles. The Bertz CT molecular complexity index is 286. The summed E-state index contributed by atoms with van der Waals surface area (Å²) in [5.41, 5.74) is 3.09. The molecule has 1 heterocycles. The number of aliphatic imine (C=N–C) groups is 1. The summed E-state index contributed by atoms with van der Waals surface area (Å²) >= 11 is 0. The molecule has 19 heavy (non-hydrogen) atoms. The normalized spacial score (nSPS) is 21.0. The van der Waals surface area contributed by atoms with Crippen molar-refractivity contribution in [2.45, 2.75) is 40.5 Å². The van der Waals surface area contributed by atoms with E-state index in [1.54, 1.807) is 0 Å². The summed E-state index contributed by atoms with van der Waals surface area (Å²) in [6.07, 6.45) is 2.15. The molecule has 0 aromatic rings. The van der Waals surface area contributed by atoms with Crippen LogP contribution in [0, 0.1) is 11.3 Å². The minimum Gasteiger partial charge on any atom is -0.382 e. The molecule has 0 amide bonds. The van der Waals surface area contributed by atoms with Crippen molar-refractivity contribution in [2.24, 2.45) is 22.2 Å². The molecule has 1 rings (SSSR count). The Morgan fingerprint density at radius 1 is 1.47 bits per heavy atom. The Morgan fingerprint density at radius 3 is 2.74 bits per heavy atom. The van der Waals surface area contributed by atoms with Crippen LogP contribution in [0.4, 0.5) is 0 Å². The van der Waals surface area contributed by atoms with Crippen molar-refractivity contribution >= 4 is 5.96 Å². The molecule has 1 atom stereocenters. The third-order valence-corrected chi connectivity index (χ3v) is 3.75. The van der Waals surface area contributed by atoms with Crippen LogP contribution < -0.4 is 11.3 Å². The summed E-state index contributed by atoms with van der Waals surface area (Å²) in [5.74, 6) is 7.12. The van der Waals surface area contributed by atoms with Crippen molar-refractivity contribution < 1.29 is 4.74 Å². The van der Waals surface area contributed by atoms with E-state index in [4.69, 9.17) is 10.6 Å². The maximum Gasteiger partial charge on any atom is 0.208 e. The largest absolute Gasteiger partial charge is 0.382 e. The van der Waals surface area contributed by atoms with E-state index in [0.717, 1.165) is 45.2 Å². The summed E-state index contributed by atoms with van der Waals surface area (Å²) in [7, 11) is 0. The second kappa shape index (κ2) is 7.70. The highest BCUT2D eigenvalue weighted by Crippen LogP contribution is 2.33. The van der Waals surface area contributed by atoms with E-state index in [-0.39, 0.29) is 0 Å². The van der Waals surface area contributed by atoms with Crippen LogP contribution in [0.3, 0.4) is 0 Å². The fourth-order valence-electron chi connectivity index (χ4n) is 2.39. The van der Waals surface area contributed by atoms with E-state index in [1.165, 1.54) is 6.42 Å². The first kappa shape index (κ1) is 16.2. The lowest BCUT2D eigenvalue weighted by Crippen LogP contribution is -2.44. The number of nitrogens with zero attached hydrogens (tertiary/aromatic N) is 2. The molecular weight excluding hydrogens is 240 g/mol. The molecule has 0 saturated carbocycles. The van der Waals surface area contributed by atoms with E-state index >= 15 is 0 Å². The molecule has 1 saturated heterocycles. The van der Waals surface area contributed by atoms with Gasteiger partial charge in [-0.3, -0.25) is 10.4 Å². The van der Waals surface area contributed by atoms with Crippen LogP contribution in [0.15, 0.2) is 4.99 Å². The van der Waals surface area contributed by atoms with Gasteiger partial charge in [-0.2, -0.15) is 0 Å². The maximum absolute atomic E-state index is 5.59. The second-order valence-corrected chi connectivity index (χ2v) is 6.20. The first-order valence-corrected chi connectivity index (χ1v) is 7.32. The van der Waals surface area contributed by atoms with E-state index in [9.17, 15) is 0 Å². The van der Waals surface area contributed by atoms with Gasteiger partial charge in [-0.05, 0) is 31.1 Å². The molecule has 0 radical (unpaired) electrons. The zero-order valence-corrected chi connectivity index (χ0v) is 12.9. The van der Waals surface area contributed by atoms with Gasteiger partial charge in [0.1, 0.15) is 0 Å². The van der Waals surface area contributed by atoms with Gasteiger partial charge in [-0.1, -0.05) is 20.8 Å². The minimum absolute atomic E-state index is 0.351. The van der Waals surface area contributed by atoms with Gasteiger partial charge in [0.25, 0.3) is 0 Å². The quantitative estimate of drug-likeness (QED) is 0.262. The molecule has 1 unspecified atom stereocenters. The molecule has 0 bridgehead atoms. The molecule has 3 N–H and O–H groups in total. The summed E-state index contributed by atoms with van der Waals surface area (Å²) in [6, 6.07) is 0. The van der Waals surface area contributed by atoms with Gasteiger partial charge >= 0.3 is 0 Å². The Kier molecular flexibility index (Phi) is 6.58. The molecule has 5 heteroatoms. The predicted octanol–water partition coefficient (Wildman–Crippen LogP) is 1.60. The van der Waals surface area contributed by atoms with Crippen molar-refractivity contribution in [3.63, 3.8) is 0 Å². The molecule has 1 aliphatic rings. The number of hydrogen-bond donors (Lipinski definition) is 2. The fraction of sp³-hybridized carbons (Fsp3) is 0.929. The maximum atomic E-state index is 5.59. The number of nitrogens with one attached hydrogen (secondary N) is 1. The highest BCUT2D eigenvalue weighted by atomic mass is 16.5. The molecule has 0 aromatic heterocycles. The third-order valence-electron chi connectivity index (χ3n) is 3.75. The first-order valence-electron chi connectivity index (χ1n) is 7.32.